The molecule has 0 fully saturated rings. The predicted molar refractivity (Wildman–Crippen MR) is 56.0 cm³/mol. The van der Waals surface area contributed by atoms with Crippen LogP contribution in [0.5, 0.6) is 0 Å². The maximum atomic E-state index is 5.92. The number of rotatable bonds is 1. The van der Waals surface area contributed by atoms with Gasteiger partial charge in [0, 0.05) is 11.1 Å². The molecule has 1 aliphatic rings. The van der Waals surface area contributed by atoms with Gasteiger partial charge >= 0.3 is 0 Å². The lowest BCUT2D eigenvalue weighted by Crippen LogP contribution is -2.26. The third kappa shape index (κ3) is 1.72. The van der Waals surface area contributed by atoms with Crippen molar-refractivity contribution in [2.45, 2.75) is 25.8 Å². The van der Waals surface area contributed by atoms with E-state index in [2.05, 4.69) is 19.1 Å². The number of hydrogen-bond acceptors (Lipinski definition) is 1. The molecular weight excluding hydrogens is 182 g/mol. The molecule has 0 spiro atoms. The summed E-state index contributed by atoms with van der Waals surface area (Å²) in [6, 6.07) is 6.44. The molecule has 2 atom stereocenters. The van der Waals surface area contributed by atoms with E-state index in [9.17, 15) is 0 Å². The van der Waals surface area contributed by atoms with Gasteiger partial charge in [0.15, 0.2) is 0 Å². The van der Waals surface area contributed by atoms with Crippen molar-refractivity contribution in [3.63, 3.8) is 0 Å². The fraction of sp³-hybridized carbons (Fsp3) is 0.455. The van der Waals surface area contributed by atoms with Crippen LogP contribution in [0.15, 0.2) is 18.2 Å². The summed E-state index contributed by atoms with van der Waals surface area (Å²) < 4.78 is 0. The minimum absolute atomic E-state index is 0.283. The number of halogens is 1. The molecule has 1 aromatic rings. The number of nitrogens with two attached hydrogens (primary N) is 1. The summed E-state index contributed by atoms with van der Waals surface area (Å²) in [6.07, 6.45) is 2.21. The summed E-state index contributed by atoms with van der Waals surface area (Å²) in [5, 5.41) is 0.837. The van der Waals surface area contributed by atoms with Gasteiger partial charge in [0.2, 0.25) is 0 Å². The monoisotopic (exact) mass is 195 g/mol. The largest absolute Gasteiger partial charge is 0.328 e. The third-order valence-corrected chi connectivity index (χ3v) is 3.11. The molecule has 0 radical (unpaired) electrons. The molecule has 1 aliphatic carbocycles. The molecule has 2 rings (SSSR count). The summed E-state index contributed by atoms with van der Waals surface area (Å²) in [5.74, 6) is 0.605. The highest BCUT2D eigenvalue weighted by molar-refractivity contribution is 6.30. The highest BCUT2D eigenvalue weighted by atomic mass is 35.5. The zero-order valence-electron chi connectivity index (χ0n) is 7.76. The normalized spacial score (nSPS) is 22.8. The lowest BCUT2D eigenvalue weighted by molar-refractivity contribution is 0.467. The minimum atomic E-state index is 0.283. The van der Waals surface area contributed by atoms with Crippen LogP contribution in [-0.4, -0.2) is 6.04 Å². The first-order valence-corrected chi connectivity index (χ1v) is 5.07. The molecule has 2 unspecified atom stereocenters. The Morgan fingerprint density at radius 3 is 2.77 bits per heavy atom. The van der Waals surface area contributed by atoms with Crippen molar-refractivity contribution in [2.24, 2.45) is 11.7 Å². The lowest BCUT2D eigenvalue weighted by atomic mass is 9.99. The molecule has 0 saturated heterocycles. The molecule has 0 heterocycles. The van der Waals surface area contributed by atoms with Crippen LogP contribution in [0.25, 0.3) is 0 Å². The van der Waals surface area contributed by atoms with Gasteiger partial charge < -0.3 is 5.73 Å². The van der Waals surface area contributed by atoms with Gasteiger partial charge in [-0.3, -0.25) is 0 Å². The van der Waals surface area contributed by atoms with Crippen molar-refractivity contribution < 1.29 is 0 Å². The van der Waals surface area contributed by atoms with E-state index in [0.717, 1.165) is 17.9 Å². The maximum absolute atomic E-state index is 5.92. The summed E-state index contributed by atoms with van der Waals surface area (Å²) >= 11 is 5.92. The van der Waals surface area contributed by atoms with E-state index in [1.807, 2.05) is 6.07 Å². The van der Waals surface area contributed by atoms with Crippen molar-refractivity contribution in [2.75, 3.05) is 0 Å². The zero-order chi connectivity index (χ0) is 9.42. The Morgan fingerprint density at radius 1 is 1.38 bits per heavy atom. The van der Waals surface area contributed by atoms with Crippen LogP contribution in [0.4, 0.5) is 0 Å². The Kier molecular flexibility index (Phi) is 2.31. The summed E-state index contributed by atoms with van der Waals surface area (Å²) in [7, 11) is 0. The first kappa shape index (κ1) is 9.04. The Balaban J connectivity index is 2.25. The van der Waals surface area contributed by atoms with Crippen LogP contribution in [0.3, 0.4) is 0 Å². The van der Waals surface area contributed by atoms with Gasteiger partial charge in [-0.05, 0) is 48.9 Å². The quantitative estimate of drug-likeness (QED) is 0.732. The highest BCUT2D eigenvalue weighted by Gasteiger charge is 2.23. The van der Waals surface area contributed by atoms with Gasteiger partial charge in [0.25, 0.3) is 0 Å². The van der Waals surface area contributed by atoms with Crippen LogP contribution < -0.4 is 5.73 Å². The van der Waals surface area contributed by atoms with Gasteiger partial charge in [-0.25, -0.2) is 0 Å². The Bertz CT molecular complexity index is 320. The van der Waals surface area contributed by atoms with Crippen LogP contribution in [0, 0.1) is 5.92 Å². The molecule has 0 amide bonds. The van der Waals surface area contributed by atoms with Gasteiger partial charge in [-0.2, -0.15) is 0 Å². The van der Waals surface area contributed by atoms with Crippen molar-refractivity contribution in [3.05, 3.63) is 34.3 Å². The summed E-state index contributed by atoms with van der Waals surface area (Å²) in [6.45, 7) is 2.08. The third-order valence-electron chi connectivity index (χ3n) is 2.88. The smallest absolute Gasteiger partial charge is 0.0408 e. The molecule has 70 valence electrons. The van der Waals surface area contributed by atoms with Crippen molar-refractivity contribution >= 4 is 11.6 Å². The Labute approximate surface area is 83.9 Å². The first-order chi connectivity index (χ1) is 6.16. The average Bonchev–Trinajstić information content (AvgIpc) is 2.46. The fourth-order valence-corrected chi connectivity index (χ4v) is 2.19. The number of fused-ring (bicyclic) bond motifs is 1. The molecule has 0 aromatic heterocycles. The van der Waals surface area contributed by atoms with Crippen LogP contribution in [-0.2, 0) is 12.8 Å². The van der Waals surface area contributed by atoms with E-state index >= 15 is 0 Å². The van der Waals surface area contributed by atoms with Crippen LogP contribution in [0.1, 0.15) is 18.1 Å². The molecule has 0 saturated carbocycles. The number of benzene rings is 1. The number of hydrogen-bond donors (Lipinski definition) is 1. The van der Waals surface area contributed by atoms with E-state index in [1.54, 1.807) is 0 Å². The van der Waals surface area contributed by atoms with E-state index in [-0.39, 0.29) is 6.04 Å². The SMILES string of the molecule is CC(N)C1Cc2ccc(Cl)cc2C1. The molecule has 2 N–H and O–H groups in total. The highest BCUT2D eigenvalue weighted by Crippen LogP contribution is 2.30. The molecule has 2 heteroatoms. The molecule has 0 aliphatic heterocycles. The van der Waals surface area contributed by atoms with Gasteiger partial charge in [0.05, 0.1) is 0 Å². The van der Waals surface area contributed by atoms with Crippen LogP contribution in [0.2, 0.25) is 5.02 Å². The predicted octanol–water partition coefficient (Wildman–Crippen LogP) is 2.40. The Morgan fingerprint density at radius 2 is 2.08 bits per heavy atom. The van der Waals surface area contributed by atoms with Crippen molar-refractivity contribution in [1.29, 1.82) is 0 Å². The standard InChI is InChI=1S/C11H14ClN/c1-7(13)9-4-8-2-3-11(12)6-10(8)5-9/h2-3,6-7,9H,4-5,13H2,1H3. The molecule has 13 heavy (non-hydrogen) atoms. The van der Waals surface area contributed by atoms with E-state index in [0.29, 0.717) is 5.92 Å². The zero-order valence-corrected chi connectivity index (χ0v) is 8.51. The van der Waals surface area contributed by atoms with Gasteiger partial charge in [0.1, 0.15) is 0 Å². The second-order valence-corrected chi connectivity index (χ2v) is 4.38. The van der Waals surface area contributed by atoms with E-state index in [4.69, 9.17) is 17.3 Å². The second kappa shape index (κ2) is 3.32. The van der Waals surface area contributed by atoms with Gasteiger partial charge in [-0.15, -0.1) is 0 Å². The fourth-order valence-electron chi connectivity index (χ4n) is 1.99. The topological polar surface area (TPSA) is 26.0 Å². The summed E-state index contributed by atoms with van der Waals surface area (Å²) in [4.78, 5) is 0. The molecule has 0 bridgehead atoms. The van der Waals surface area contributed by atoms with Gasteiger partial charge in [-0.1, -0.05) is 17.7 Å². The average molecular weight is 196 g/mol. The second-order valence-electron chi connectivity index (χ2n) is 3.94. The maximum Gasteiger partial charge on any atom is 0.0408 e. The first-order valence-electron chi connectivity index (χ1n) is 4.69. The van der Waals surface area contributed by atoms with E-state index in [1.165, 1.54) is 11.1 Å². The molecular formula is C11H14ClN. The van der Waals surface area contributed by atoms with Crippen molar-refractivity contribution in [3.8, 4) is 0 Å². The molecule has 1 nitrogen and oxygen atoms in total. The summed E-state index contributed by atoms with van der Waals surface area (Å²) in [5.41, 5.74) is 8.69. The van der Waals surface area contributed by atoms with E-state index < -0.39 is 0 Å². The lowest BCUT2D eigenvalue weighted by Gasteiger charge is -2.12. The minimum Gasteiger partial charge on any atom is -0.328 e. The molecule has 1 aromatic carbocycles. The Hall–Kier alpha value is -0.530. The van der Waals surface area contributed by atoms with Crippen LogP contribution >= 0.6 is 11.6 Å². The van der Waals surface area contributed by atoms with Crippen molar-refractivity contribution in [1.82, 2.24) is 0 Å².